The molecule has 0 unspecified atom stereocenters. The van der Waals surface area contributed by atoms with E-state index in [1.54, 1.807) is 18.2 Å². The van der Waals surface area contributed by atoms with Gasteiger partial charge in [0.1, 0.15) is 4.90 Å². The largest absolute Gasteiger partial charge is 0.322 e. The van der Waals surface area contributed by atoms with Crippen LogP contribution in [0.5, 0.6) is 0 Å². The molecule has 0 saturated heterocycles. The highest BCUT2D eigenvalue weighted by molar-refractivity contribution is 7.89. The number of aryl methyl sites for hydroxylation is 1. The Labute approximate surface area is 156 Å². The fraction of sp³-hybridized carbons (Fsp3) is 0.235. The minimum atomic E-state index is -3.75. The van der Waals surface area contributed by atoms with Crippen molar-refractivity contribution in [1.82, 2.24) is 4.72 Å². The third kappa shape index (κ3) is 4.33. The molecule has 0 aliphatic heterocycles. The zero-order chi connectivity index (χ0) is 18.2. The molecule has 5 nitrogen and oxygen atoms in total. The SMILES string of the molecule is Cc1ccc(Cl)cc1NC(=O)c1ccc(Cl)c(S(=O)(=O)NC2CC2)c1. The van der Waals surface area contributed by atoms with Crippen molar-refractivity contribution in [2.45, 2.75) is 30.7 Å². The molecule has 0 bridgehead atoms. The highest BCUT2D eigenvalue weighted by atomic mass is 35.5. The molecule has 1 saturated carbocycles. The Morgan fingerprint density at radius 1 is 1.12 bits per heavy atom. The molecule has 1 fully saturated rings. The monoisotopic (exact) mass is 398 g/mol. The fourth-order valence-electron chi connectivity index (χ4n) is 2.26. The van der Waals surface area contributed by atoms with Crippen molar-refractivity contribution in [3.63, 3.8) is 0 Å². The number of carbonyl (C=O) groups is 1. The van der Waals surface area contributed by atoms with Gasteiger partial charge < -0.3 is 5.32 Å². The van der Waals surface area contributed by atoms with E-state index in [0.29, 0.717) is 10.7 Å². The van der Waals surface area contributed by atoms with Crippen molar-refractivity contribution >= 4 is 44.8 Å². The van der Waals surface area contributed by atoms with Crippen molar-refractivity contribution in [3.05, 3.63) is 57.6 Å². The molecule has 0 radical (unpaired) electrons. The maximum absolute atomic E-state index is 12.5. The molecular formula is C17H16Cl2N2O3S. The standard InChI is InChI=1S/C17H16Cl2N2O3S/c1-10-2-4-12(18)9-15(10)20-17(22)11-3-7-14(19)16(8-11)25(23,24)21-13-5-6-13/h2-4,7-9,13,21H,5-6H2,1H3,(H,20,22). The van der Waals surface area contributed by atoms with Crippen LogP contribution in [-0.2, 0) is 10.0 Å². The maximum atomic E-state index is 12.5. The number of hydrogen-bond donors (Lipinski definition) is 2. The minimum absolute atomic E-state index is 0.0485. The third-order valence-corrected chi connectivity index (χ3v) is 6.07. The molecule has 25 heavy (non-hydrogen) atoms. The van der Waals surface area contributed by atoms with E-state index in [1.165, 1.54) is 18.2 Å². The second-order valence-corrected chi connectivity index (χ2v) is 8.48. The summed E-state index contributed by atoms with van der Waals surface area (Å²) in [6.45, 7) is 1.84. The first kappa shape index (κ1) is 18.2. The van der Waals surface area contributed by atoms with Crippen molar-refractivity contribution < 1.29 is 13.2 Å². The minimum Gasteiger partial charge on any atom is -0.322 e. The lowest BCUT2D eigenvalue weighted by Gasteiger charge is -2.11. The number of hydrogen-bond acceptors (Lipinski definition) is 3. The Hall–Kier alpha value is -1.60. The van der Waals surface area contributed by atoms with Crippen molar-refractivity contribution in [3.8, 4) is 0 Å². The van der Waals surface area contributed by atoms with Gasteiger partial charge in [-0.3, -0.25) is 4.79 Å². The molecule has 8 heteroatoms. The highest BCUT2D eigenvalue weighted by Gasteiger charge is 2.29. The van der Waals surface area contributed by atoms with Gasteiger partial charge in [-0.1, -0.05) is 29.3 Å². The van der Waals surface area contributed by atoms with E-state index in [1.807, 2.05) is 6.92 Å². The van der Waals surface area contributed by atoms with Gasteiger partial charge in [-0.15, -0.1) is 0 Å². The number of anilines is 1. The Morgan fingerprint density at radius 3 is 2.52 bits per heavy atom. The Morgan fingerprint density at radius 2 is 1.84 bits per heavy atom. The summed E-state index contributed by atoms with van der Waals surface area (Å²) in [5.41, 5.74) is 1.60. The van der Waals surface area contributed by atoms with Crippen LogP contribution >= 0.6 is 23.2 Å². The molecule has 2 aromatic carbocycles. The molecule has 2 N–H and O–H groups in total. The average molecular weight is 399 g/mol. The van der Waals surface area contributed by atoms with Crippen molar-refractivity contribution in [2.75, 3.05) is 5.32 Å². The lowest BCUT2D eigenvalue weighted by Crippen LogP contribution is -2.26. The van der Waals surface area contributed by atoms with E-state index < -0.39 is 15.9 Å². The van der Waals surface area contributed by atoms with E-state index in [4.69, 9.17) is 23.2 Å². The zero-order valence-corrected chi connectivity index (χ0v) is 15.7. The number of halogens is 2. The summed E-state index contributed by atoms with van der Waals surface area (Å²) in [7, 11) is -3.75. The van der Waals surface area contributed by atoms with Crippen LogP contribution in [0.4, 0.5) is 5.69 Å². The molecule has 2 aromatic rings. The van der Waals surface area contributed by atoms with Crippen LogP contribution in [0.2, 0.25) is 10.0 Å². The molecule has 1 aliphatic rings. The molecule has 1 aliphatic carbocycles. The van der Waals surface area contributed by atoms with Crippen LogP contribution in [0.25, 0.3) is 0 Å². The topological polar surface area (TPSA) is 75.3 Å². The molecule has 0 aromatic heterocycles. The molecule has 0 heterocycles. The van der Waals surface area contributed by atoms with E-state index >= 15 is 0 Å². The second-order valence-electron chi connectivity index (χ2n) is 5.95. The lowest BCUT2D eigenvalue weighted by molar-refractivity contribution is 0.102. The zero-order valence-electron chi connectivity index (χ0n) is 13.3. The van der Waals surface area contributed by atoms with E-state index in [2.05, 4.69) is 10.0 Å². The summed E-state index contributed by atoms with van der Waals surface area (Å²) in [6.07, 6.45) is 1.62. The number of benzene rings is 2. The summed E-state index contributed by atoms with van der Waals surface area (Å²) >= 11 is 12.0. The summed E-state index contributed by atoms with van der Waals surface area (Å²) in [4.78, 5) is 12.4. The average Bonchev–Trinajstić information content (AvgIpc) is 3.34. The Kier molecular flexibility index (Phi) is 5.06. The molecule has 0 atom stereocenters. The first-order chi connectivity index (χ1) is 11.8. The van der Waals surface area contributed by atoms with Gasteiger partial charge >= 0.3 is 0 Å². The number of sulfonamides is 1. The summed E-state index contributed by atoms with van der Waals surface area (Å²) in [6, 6.07) is 9.27. The van der Waals surface area contributed by atoms with Gasteiger partial charge in [0.05, 0.1) is 5.02 Å². The highest BCUT2D eigenvalue weighted by Crippen LogP contribution is 2.27. The van der Waals surface area contributed by atoms with Gasteiger partial charge in [-0.25, -0.2) is 13.1 Å². The summed E-state index contributed by atoms with van der Waals surface area (Å²) < 4.78 is 27.3. The van der Waals surface area contributed by atoms with Gasteiger partial charge in [-0.2, -0.15) is 0 Å². The molecule has 3 rings (SSSR count). The van der Waals surface area contributed by atoms with E-state index in [0.717, 1.165) is 18.4 Å². The van der Waals surface area contributed by atoms with Gasteiger partial charge in [0.15, 0.2) is 0 Å². The van der Waals surface area contributed by atoms with Crippen LogP contribution in [0, 0.1) is 6.92 Å². The van der Waals surface area contributed by atoms with Gasteiger partial charge in [-0.05, 0) is 55.7 Å². The summed E-state index contributed by atoms with van der Waals surface area (Å²) in [5, 5.41) is 3.30. The van der Waals surface area contributed by atoms with Gasteiger partial charge in [0, 0.05) is 22.3 Å². The van der Waals surface area contributed by atoms with Crippen LogP contribution in [-0.4, -0.2) is 20.4 Å². The molecule has 1 amide bonds. The second kappa shape index (κ2) is 6.96. The quantitative estimate of drug-likeness (QED) is 0.798. The van der Waals surface area contributed by atoms with Crippen LogP contribution in [0.15, 0.2) is 41.3 Å². The number of carbonyl (C=O) groups excluding carboxylic acids is 1. The summed E-state index contributed by atoms with van der Waals surface area (Å²) in [5.74, 6) is -0.440. The maximum Gasteiger partial charge on any atom is 0.255 e. The van der Waals surface area contributed by atoms with Gasteiger partial charge in [0.2, 0.25) is 10.0 Å². The van der Waals surface area contributed by atoms with Gasteiger partial charge in [0.25, 0.3) is 5.91 Å². The van der Waals surface area contributed by atoms with Crippen LogP contribution in [0.1, 0.15) is 28.8 Å². The predicted octanol–water partition coefficient (Wildman–Crippen LogP) is 3.99. The Balaban J connectivity index is 1.88. The Bertz CT molecular complexity index is 941. The smallest absolute Gasteiger partial charge is 0.255 e. The van der Waals surface area contributed by atoms with E-state index in [9.17, 15) is 13.2 Å². The van der Waals surface area contributed by atoms with Crippen LogP contribution in [0.3, 0.4) is 0 Å². The molecular weight excluding hydrogens is 383 g/mol. The normalized spacial score (nSPS) is 14.4. The number of nitrogens with one attached hydrogen (secondary N) is 2. The predicted molar refractivity (Wildman–Crippen MR) is 98.9 cm³/mol. The van der Waals surface area contributed by atoms with Crippen molar-refractivity contribution in [1.29, 1.82) is 0 Å². The van der Waals surface area contributed by atoms with Crippen LogP contribution < -0.4 is 10.0 Å². The molecule has 132 valence electrons. The fourth-order valence-corrected chi connectivity index (χ4v) is 4.26. The lowest BCUT2D eigenvalue weighted by atomic mass is 10.1. The third-order valence-electron chi connectivity index (χ3n) is 3.83. The van der Waals surface area contributed by atoms with Crippen molar-refractivity contribution in [2.24, 2.45) is 0 Å². The molecule has 0 spiro atoms. The first-order valence-electron chi connectivity index (χ1n) is 7.65. The van der Waals surface area contributed by atoms with E-state index in [-0.39, 0.29) is 21.5 Å². The first-order valence-corrected chi connectivity index (χ1v) is 9.89. The number of rotatable bonds is 5. The number of amides is 1.